The van der Waals surface area contributed by atoms with Gasteiger partial charge < -0.3 is 5.11 Å². The van der Waals surface area contributed by atoms with Crippen molar-refractivity contribution in [1.29, 1.82) is 0 Å². The fourth-order valence-electron chi connectivity index (χ4n) is 1.42. The molecule has 1 aromatic rings. The van der Waals surface area contributed by atoms with Crippen LogP contribution in [0, 0.1) is 0 Å². The average Bonchev–Trinajstić information content (AvgIpc) is 2.15. The summed E-state index contributed by atoms with van der Waals surface area (Å²) in [6.07, 6.45) is 0.419. The highest BCUT2D eigenvalue weighted by atomic mass is 16.3. The van der Waals surface area contributed by atoms with E-state index in [2.05, 4.69) is 20.8 Å². The lowest BCUT2D eigenvalue weighted by atomic mass is 9.86. The van der Waals surface area contributed by atoms with Crippen LogP contribution in [0.15, 0.2) is 18.2 Å². The van der Waals surface area contributed by atoms with Gasteiger partial charge in [0.25, 0.3) is 0 Å². The van der Waals surface area contributed by atoms with Gasteiger partial charge in [-0.2, -0.15) is 0 Å². The second-order valence-electron chi connectivity index (χ2n) is 4.76. The lowest BCUT2D eigenvalue weighted by Gasteiger charge is -2.19. The molecule has 0 radical (unpaired) electrons. The van der Waals surface area contributed by atoms with Crippen LogP contribution in [0.5, 0.6) is 5.75 Å². The monoisotopic (exact) mass is 206 g/mol. The summed E-state index contributed by atoms with van der Waals surface area (Å²) in [7, 11) is 0. The predicted molar refractivity (Wildman–Crippen MR) is 61.4 cm³/mol. The van der Waals surface area contributed by atoms with E-state index in [4.69, 9.17) is 0 Å². The van der Waals surface area contributed by atoms with E-state index in [9.17, 15) is 9.90 Å². The van der Waals surface area contributed by atoms with Gasteiger partial charge in [-0.3, -0.25) is 4.79 Å². The van der Waals surface area contributed by atoms with Gasteiger partial charge in [0.2, 0.25) is 0 Å². The molecule has 0 amide bonds. The van der Waals surface area contributed by atoms with Gasteiger partial charge in [0.15, 0.2) is 5.78 Å². The molecule has 0 aromatic heterocycles. The zero-order chi connectivity index (χ0) is 11.6. The summed E-state index contributed by atoms with van der Waals surface area (Å²) in [5.41, 5.74) is 1.45. The fraction of sp³-hybridized carbons (Fsp3) is 0.462. The van der Waals surface area contributed by atoms with E-state index in [0.717, 1.165) is 5.56 Å². The van der Waals surface area contributed by atoms with Crippen LogP contribution in [0.3, 0.4) is 0 Å². The van der Waals surface area contributed by atoms with Gasteiger partial charge in [0.1, 0.15) is 5.75 Å². The number of carbonyl (C=O) groups excluding carboxylic acids is 1. The third kappa shape index (κ3) is 2.58. The van der Waals surface area contributed by atoms with Gasteiger partial charge in [-0.1, -0.05) is 33.8 Å². The maximum absolute atomic E-state index is 11.4. The van der Waals surface area contributed by atoms with Gasteiger partial charge in [-0.05, 0) is 23.1 Å². The molecule has 0 heterocycles. The Morgan fingerprint density at radius 2 is 1.93 bits per heavy atom. The number of hydrogen-bond donors (Lipinski definition) is 1. The van der Waals surface area contributed by atoms with Crippen molar-refractivity contribution in [1.82, 2.24) is 0 Å². The van der Waals surface area contributed by atoms with Crippen molar-refractivity contribution in [2.24, 2.45) is 0 Å². The summed E-state index contributed by atoms with van der Waals surface area (Å²) in [4.78, 5) is 11.4. The van der Waals surface area contributed by atoms with Gasteiger partial charge in [0.05, 0.1) is 5.56 Å². The molecule has 0 aliphatic carbocycles. The predicted octanol–water partition coefficient (Wildman–Crippen LogP) is 3.28. The van der Waals surface area contributed by atoms with Crippen LogP contribution in [0.4, 0.5) is 0 Å². The van der Waals surface area contributed by atoms with Crippen molar-refractivity contribution >= 4 is 5.78 Å². The van der Waals surface area contributed by atoms with E-state index in [1.807, 2.05) is 6.07 Å². The van der Waals surface area contributed by atoms with Crippen molar-refractivity contribution in [2.45, 2.75) is 39.5 Å². The van der Waals surface area contributed by atoms with Crippen molar-refractivity contribution < 1.29 is 9.90 Å². The fourth-order valence-corrected chi connectivity index (χ4v) is 1.42. The van der Waals surface area contributed by atoms with Crippen LogP contribution in [0.2, 0.25) is 0 Å². The molecule has 0 unspecified atom stereocenters. The number of rotatable bonds is 2. The molecule has 2 heteroatoms. The lowest BCUT2D eigenvalue weighted by Crippen LogP contribution is -2.11. The number of phenolic OH excluding ortho intramolecular Hbond substituents is 1. The van der Waals surface area contributed by atoms with Crippen LogP contribution >= 0.6 is 0 Å². The maximum Gasteiger partial charge on any atom is 0.166 e. The van der Waals surface area contributed by atoms with E-state index in [-0.39, 0.29) is 16.9 Å². The Balaban J connectivity index is 3.15. The normalized spacial score (nSPS) is 11.5. The Morgan fingerprint density at radius 3 is 2.33 bits per heavy atom. The van der Waals surface area contributed by atoms with E-state index in [1.165, 1.54) is 0 Å². The van der Waals surface area contributed by atoms with Gasteiger partial charge in [-0.15, -0.1) is 0 Å². The number of aromatic hydroxyl groups is 1. The Bertz CT molecular complexity index is 373. The number of Topliss-reactive ketones (excluding diaryl/α,β-unsaturated/α-hetero) is 1. The third-order valence-electron chi connectivity index (χ3n) is 2.49. The smallest absolute Gasteiger partial charge is 0.166 e. The molecule has 0 spiro atoms. The van der Waals surface area contributed by atoms with Crippen LogP contribution in [0.25, 0.3) is 0 Å². The molecule has 82 valence electrons. The molecule has 1 N–H and O–H groups in total. The number of benzene rings is 1. The number of ketones is 1. The number of phenols is 1. The standard InChI is InChI=1S/C13H18O2/c1-5-11(14)10-7-6-9(8-12(10)15)13(2,3)4/h6-8,15H,5H2,1-4H3. The first-order valence-electron chi connectivity index (χ1n) is 5.23. The molecule has 0 aliphatic heterocycles. The van der Waals surface area contributed by atoms with E-state index < -0.39 is 0 Å². The van der Waals surface area contributed by atoms with Crippen LogP contribution in [0.1, 0.15) is 50.0 Å². The molecular weight excluding hydrogens is 188 g/mol. The lowest BCUT2D eigenvalue weighted by molar-refractivity contribution is 0.0985. The van der Waals surface area contributed by atoms with Crippen LogP contribution in [-0.2, 0) is 5.41 Å². The summed E-state index contributed by atoms with van der Waals surface area (Å²) >= 11 is 0. The highest BCUT2D eigenvalue weighted by molar-refractivity contribution is 5.98. The molecule has 0 saturated carbocycles. The molecule has 0 atom stereocenters. The zero-order valence-corrected chi connectivity index (χ0v) is 9.79. The number of carbonyl (C=O) groups is 1. The highest BCUT2D eigenvalue weighted by Crippen LogP contribution is 2.28. The summed E-state index contributed by atoms with van der Waals surface area (Å²) in [5.74, 6) is 0.0715. The second-order valence-corrected chi connectivity index (χ2v) is 4.76. The van der Waals surface area contributed by atoms with Gasteiger partial charge in [-0.25, -0.2) is 0 Å². The van der Waals surface area contributed by atoms with E-state index >= 15 is 0 Å². The molecule has 15 heavy (non-hydrogen) atoms. The minimum atomic E-state index is -0.0204. The summed E-state index contributed by atoms with van der Waals surface area (Å²) in [6, 6.07) is 5.30. The summed E-state index contributed by atoms with van der Waals surface area (Å²) < 4.78 is 0. The molecular formula is C13H18O2. The van der Waals surface area contributed by atoms with Crippen LogP contribution in [-0.4, -0.2) is 10.9 Å². The van der Waals surface area contributed by atoms with Crippen molar-refractivity contribution in [3.05, 3.63) is 29.3 Å². The maximum atomic E-state index is 11.4. The van der Waals surface area contributed by atoms with E-state index in [0.29, 0.717) is 12.0 Å². The average molecular weight is 206 g/mol. The van der Waals surface area contributed by atoms with Gasteiger partial charge in [0, 0.05) is 6.42 Å². The first kappa shape index (κ1) is 11.8. The van der Waals surface area contributed by atoms with E-state index in [1.54, 1.807) is 19.1 Å². The number of hydrogen-bond acceptors (Lipinski definition) is 2. The molecule has 0 fully saturated rings. The zero-order valence-electron chi connectivity index (χ0n) is 9.79. The topological polar surface area (TPSA) is 37.3 Å². The quantitative estimate of drug-likeness (QED) is 0.754. The second kappa shape index (κ2) is 4.05. The molecule has 2 nitrogen and oxygen atoms in total. The SMILES string of the molecule is CCC(=O)c1ccc(C(C)(C)C)cc1O. The van der Waals surface area contributed by atoms with Crippen molar-refractivity contribution in [3.63, 3.8) is 0 Å². The van der Waals surface area contributed by atoms with Crippen LogP contribution < -0.4 is 0 Å². The Hall–Kier alpha value is -1.31. The summed E-state index contributed by atoms with van der Waals surface area (Å²) in [6.45, 7) is 8.01. The Morgan fingerprint density at radius 1 is 1.33 bits per heavy atom. The summed E-state index contributed by atoms with van der Waals surface area (Å²) in [5, 5.41) is 9.74. The first-order chi connectivity index (χ1) is 6.86. The Labute approximate surface area is 90.9 Å². The highest BCUT2D eigenvalue weighted by Gasteiger charge is 2.16. The molecule has 0 aliphatic rings. The largest absolute Gasteiger partial charge is 0.507 e. The molecule has 1 rings (SSSR count). The molecule has 0 saturated heterocycles. The van der Waals surface area contributed by atoms with Gasteiger partial charge >= 0.3 is 0 Å². The third-order valence-corrected chi connectivity index (χ3v) is 2.49. The first-order valence-corrected chi connectivity index (χ1v) is 5.23. The minimum absolute atomic E-state index is 0.00866. The van der Waals surface area contributed by atoms with Crippen molar-refractivity contribution in [2.75, 3.05) is 0 Å². The molecule has 1 aromatic carbocycles. The Kier molecular flexibility index (Phi) is 3.18. The minimum Gasteiger partial charge on any atom is -0.507 e. The van der Waals surface area contributed by atoms with Crippen molar-refractivity contribution in [3.8, 4) is 5.75 Å². The molecule has 0 bridgehead atoms.